The van der Waals surface area contributed by atoms with Crippen LogP contribution < -0.4 is 5.32 Å². The standard InChI is InChI=1S/C16H19ClN2/c1-12-5-3-4-6-15(12)14(10-18-2)9-13-7-8-19-11-16(13)17/h3-8,11,14,18H,9-10H2,1-2H3. The Morgan fingerprint density at radius 3 is 2.74 bits per heavy atom. The predicted octanol–water partition coefficient (Wildman–Crippen LogP) is 3.59. The maximum absolute atomic E-state index is 6.21. The van der Waals surface area contributed by atoms with E-state index in [9.17, 15) is 0 Å². The number of nitrogens with zero attached hydrogens (tertiary/aromatic N) is 1. The van der Waals surface area contributed by atoms with Crippen LogP contribution >= 0.6 is 11.6 Å². The Bertz CT molecular complexity index is 540. The lowest BCUT2D eigenvalue weighted by Crippen LogP contribution is -2.20. The highest BCUT2D eigenvalue weighted by Gasteiger charge is 2.15. The summed E-state index contributed by atoms with van der Waals surface area (Å²) < 4.78 is 0. The van der Waals surface area contributed by atoms with Gasteiger partial charge in [0.2, 0.25) is 0 Å². The fraction of sp³-hybridized carbons (Fsp3) is 0.312. The van der Waals surface area contributed by atoms with E-state index in [2.05, 4.69) is 41.5 Å². The first-order valence-electron chi connectivity index (χ1n) is 6.51. The largest absolute Gasteiger partial charge is 0.319 e. The molecule has 0 fully saturated rings. The number of nitrogens with one attached hydrogen (secondary N) is 1. The molecule has 1 N–H and O–H groups in total. The maximum Gasteiger partial charge on any atom is 0.0621 e. The van der Waals surface area contributed by atoms with Gasteiger partial charge in [0.25, 0.3) is 0 Å². The van der Waals surface area contributed by atoms with E-state index in [-0.39, 0.29) is 0 Å². The number of hydrogen-bond acceptors (Lipinski definition) is 2. The molecule has 0 amide bonds. The maximum atomic E-state index is 6.21. The number of aryl methyl sites for hydroxylation is 1. The molecule has 0 aliphatic rings. The highest BCUT2D eigenvalue weighted by molar-refractivity contribution is 6.31. The third-order valence-electron chi connectivity index (χ3n) is 3.40. The molecule has 1 heterocycles. The number of pyridine rings is 1. The molecule has 2 rings (SSSR count). The second-order valence-corrected chi connectivity index (χ2v) is 5.19. The molecule has 0 bridgehead atoms. The normalized spacial score (nSPS) is 12.4. The van der Waals surface area contributed by atoms with Crippen LogP contribution in [-0.2, 0) is 6.42 Å². The van der Waals surface area contributed by atoms with Crippen molar-refractivity contribution in [2.75, 3.05) is 13.6 Å². The van der Waals surface area contributed by atoms with Crippen molar-refractivity contribution in [1.82, 2.24) is 10.3 Å². The summed E-state index contributed by atoms with van der Waals surface area (Å²) in [6.45, 7) is 3.09. The molecule has 1 unspecified atom stereocenters. The van der Waals surface area contributed by atoms with Crippen LogP contribution in [0.1, 0.15) is 22.6 Å². The molecule has 0 saturated heterocycles. The lowest BCUT2D eigenvalue weighted by molar-refractivity contribution is 0.622. The van der Waals surface area contributed by atoms with Crippen LogP contribution in [0.5, 0.6) is 0 Å². The van der Waals surface area contributed by atoms with Gasteiger partial charge in [-0.1, -0.05) is 35.9 Å². The van der Waals surface area contributed by atoms with Crippen LogP contribution in [0.3, 0.4) is 0 Å². The first-order chi connectivity index (χ1) is 9.22. The van der Waals surface area contributed by atoms with E-state index in [4.69, 9.17) is 11.6 Å². The predicted molar refractivity (Wildman–Crippen MR) is 80.8 cm³/mol. The Kier molecular flexibility index (Phi) is 4.94. The van der Waals surface area contributed by atoms with E-state index >= 15 is 0 Å². The summed E-state index contributed by atoms with van der Waals surface area (Å²) in [7, 11) is 1.99. The second-order valence-electron chi connectivity index (χ2n) is 4.78. The van der Waals surface area contributed by atoms with Gasteiger partial charge in [-0.05, 0) is 43.1 Å². The molecule has 1 atom stereocenters. The first kappa shape index (κ1) is 14.0. The van der Waals surface area contributed by atoms with Gasteiger partial charge in [0, 0.05) is 24.9 Å². The number of aromatic nitrogens is 1. The average Bonchev–Trinajstić information content (AvgIpc) is 2.41. The van der Waals surface area contributed by atoms with Gasteiger partial charge in [-0.15, -0.1) is 0 Å². The SMILES string of the molecule is CNCC(Cc1ccncc1Cl)c1ccccc1C. The summed E-state index contributed by atoms with van der Waals surface area (Å²) in [6, 6.07) is 10.5. The summed E-state index contributed by atoms with van der Waals surface area (Å²) >= 11 is 6.21. The molecular weight excluding hydrogens is 256 g/mol. The summed E-state index contributed by atoms with van der Waals surface area (Å²) in [5, 5.41) is 4.02. The average molecular weight is 275 g/mol. The molecule has 2 nitrogen and oxygen atoms in total. The van der Waals surface area contributed by atoms with Crippen LogP contribution in [0, 0.1) is 6.92 Å². The number of benzene rings is 1. The van der Waals surface area contributed by atoms with Crippen molar-refractivity contribution in [3.63, 3.8) is 0 Å². The second kappa shape index (κ2) is 6.69. The highest BCUT2D eigenvalue weighted by Crippen LogP contribution is 2.26. The van der Waals surface area contributed by atoms with Gasteiger partial charge >= 0.3 is 0 Å². The van der Waals surface area contributed by atoms with Crippen molar-refractivity contribution in [2.45, 2.75) is 19.3 Å². The van der Waals surface area contributed by atoms with Gasteiger partial charge in [-0.3, -0.25) is 4.98 Å². The van der Waals surface area contributed by atoms with Gasteiger partial charge < -0.3 is 5.32 Å². The minimum absolute atomic E-state index is 0.422. The Balaban J connectivity index is 2.27. The van der Waals surface area contributed by atoms with Crippen molar-refractivity contribution in [1.29, 1.82) is 0 Å². The molecule has 2 aromatic rings. The smallest absolute Gasteiger partial charge is 0.0621 e. The number of rotatable bonds is 5. The molecule has 100 valence electrons. The lowest BCUT2D eigenvalue weighted by atomic mass is 9.89. The van der Waals surface area contributed by atoms with Crippen molar-refractivity contribution in [3.8, 4) is 0 Å². The molecule has 0 aliphatic carbocycles. The molecule has 1 aromatic carbocycles. The molecule has 0 saturated carbocycles. The van der Waals surface area contributed by atoms with E-state index in [0.717, 1.165) is 23.6 Å². The fourth-order valence-corrected chi connectivity index (χ4v) is 2.61. The zero-order chi connectivity index (χ0) is 13.7. The van der Waals surface area contributed by atoms with Crippen LogP contribution in [0.4, 0.5) is 0 Å². The van der Waals surface area contributed by atoms with E-state index in [0.29, 0.717) is 5.92 Å². The van der Waals surface area contributed by atoms with Crippen LogP contribution in [-0.4, -0.2) is 18.6 Å². The molecule has 1 aromatic heterocycles. The zero-order valence-electron chi connectivity index (χ0n) is 11.4. The van der Waals surface area contributed by atoms with Crippen molar-refractivity contribution in [3.05, 3.63) is 64.4 Å². The Hall–Kier alpha value is -1.38. The van der Waals surface area contributed by atoms with Crippen LogP contribution in [0.25, 0.3) is 0 Å². The van der Waals surface area contributed by atoms with E-state index in [1.165, 1.54) is 11.1 Å². The topological polar surface area (TPSA) is 24.9 Å². The van der Waals surface area contributed by atoms with Crippen molar-refractivity contribution in [2.24, 2.45) is 0 Å². The Labute approximate surface area is 119 Å². The number of likely N-dealkylation sites (N-methyl/N-ethyl adjacent to an activating group) is 1. The van der Waals surface area contributed by atoms with Gasteiger partial charge in [0.05, 0.1) is 5.02 Å². The molecule has 0 aliphatic heterocycles. The molecule has 3 heteroatoms. The van der Waals surface area contributed by atoms with Crippen molar-refractivity contribution < 1.29 is 0 Å². The number of hydrogen-bond donors (Lipinski definition) is 1. The van der Waals surface area contributed by atoms with Crippen molar-refractivity contribution >= 4 is 11.6 Å². The number of halogens is 1. The fourth-order valence-electron chi connectivity index (χ4n) is 2.42. The van der Waals surface area contributed by atoms with E-state index in [1.807, 2.05) is 13.1 Å². The quantitative estimate of drug-likeness (QED) is 0.901. The highest BCUT2D eigenvalue weighted by atomic mass is 35.5. The van der Waals surface area contributed by atoms with Gasteiger partial charge in [0.1, 0.15) is 0 Å². The Morgan fingerprint density at radius 1 is 1.26 bits per heavy atom. The summed E-state index contributed by atoms with van der Waals surface area (Å²) in [6.07, 6.45) is 4.44. The summed E-state index contributed by atoms with van der Waals surface area (Å²) in [5.74, 6) is 0.422. The zero-order valence-corrected chi connectivity index (χ0v) is 12.1. The molecule has 19 heavy (non-hydrogen) atoms. The van der Waals surface area contributed by atoms with Crippen LogP contribution in [0.2, 0.25) is 5.02 Å². The molecule has 0 spiro atoms. The van der Waals surface area contributed by atoms with Crippen LogP contribution in [0.15, 0.2) is 42.7 Å². The third kappa shape index (κ3) is 3.55. The Morgan fingerprint density at radius 2 is 2.05 bits per heavy atom. The first-order valence-corrected chi connectivity index (χ1v) is 6.88. The molecule has 0 radical (unpaired) electrons. The minimum atomic E-state index is 0.422. The minimum Gasteiger partial charge on any atom is -0.319 e. The summed E-state index contributed by atoms with van der Waals surface area (Å²) in [4.78, 5) is 4.04. The van der Waals surface area contributed by atoms with E-state index < -0.39 is 0 Å². The van der Waals surface area contributed by atoms with Gasteiger partial charge in [0.15, 0.2) is 0 Å². The monoisotopic (exact) mass is 274 g/mol. The van der Waals surface area contributed by atoms with Gasteiger partial charge in [-0.25, -0.2) is 0 Å². The molecular formula is C16H19ClN2. The summed E-state index contributed by atoms with van der Waals surface area (Å²) in [5.41, 5.74) is 3.86. The third-order valence-corrected chi connectivity index (χ3v) is 3.74. The lowest BCUT2D eigenvalue weighted by Gasteiger charge is -2.19. The van der Waals surface area contributed by atoms with E-state index in [1.54, 1.807) is 12.4 Å². The van der Waals surface area contributed by atoms with Gasteiger partial charge in [-0.2, -0.15) is 0 Å².